The zero-order chi connectivity index (χ0) is 11.6. The molecule has 0 N–H and O–H groups in total. The van der Waals surface area contributed by atoms with Crippen molar-refractivity contribution >= 4 is 0 Å². The fourth-order valence-corrected chi connectivity index (χ4v) is 1.14. The van der Waals surface area contributed by atoms with Crippen molar-refractivity contribution in [3.63, 3.8) is 0 Å². The highest BCUT2D eigenvalue weighted by Gasteiger charge is 2.00. The first kappa shape index (κ1) is 12.3. The van der Waals surface area contributed by atoms with E-state index in [0.717, 1.165) is 0 Å². The summed E-state index contributed by atoms with van der Waals surface area (Å²) in [5.74, 6) is 0.611. The Morgan fingerprint density at radius 3 is 2.88 bits per heavy atom. The molecule has 1 aromatic carbocycles. The Morgan fingerprint density at radius 2 is 2.12 bits per heavy atom. The molecule has 84 valence electrons. The minimum Gasteiger partial charge on any atom is -0.490 e. The molecule has 0 heterocycles. The minimum absolute atomic E-state index is 0.455. The molecule has 1 rings (SSSR count). The molecule has 0 fully saturated rings. The number of nitrogens with zero attached hydrogens (tertiary/aromatic N) is 1. The molecule has 0 saturated carbocycles. The van der Waals surface area contributed by atoms with E-state index in [2.05, 4.69) is 6.07 Å². The van der Waals surface area contributed by atoms with Crippen LogP contribution in [0, 0.1) is 11.3 Å². The summed E-state index contributed by atoms with van der Waals surface area (Å²) in [6.07, 6.45) is 3.87. The summed E-state index contributed by atoms with van der Waals surface area (Å²) in [6.45, 7) is 3.52. The van der Waals surface area contributed by atoms with Crippen molar-refractivity contribution in [2.24, 2.45) is 0 Å². The quantitative estimate of drug-likeness (QED) is 0.543. The molecule has 0 spiro atoms. The molecule has 0 aliphatic rings. The third kappa shape index (κ3) is 4.16. The largest absolute Gasteiger partial charge is 0.490 e. The average molecular weight is 217 g/mol. The van der Waals surface area contributed by atoms with Gasteiger partial charge in [-0.2, -0.15) is 5.26 Å². The summed E-state index contributed by atoms with van der Waals surface area (Å²) in [7, 11) is 0. The van der Waals surface area contributed by atoms with E-state index in [1.165, 1.54) is 0 Å². The van der Waals surface area contributed by atoms with E-state index >= 15 is 0 Å². The second kappa shape index (κ2) is 7.49. The van der Waals surface area contributed by atoms with Gasteiger partial charge in [0, 0.05) is 0 Å². The number of nitriles is 1. The normalized spacial score (nSPS) is 10.2. The van der Waals surface area contributed by atoms with Crippen molar-refractivity contribution < 1.29 is 9.47 Å². The first-order valence-corrected chi connectivity index (χ1v) is 5.19. The highest BCUT2D eigenvalue weighted by Crippen LogP contribution is 2.15. The molecule has 0 saturated heterocycles. The van der Waals surface area contributed by atoms with Crippen molar-refractivity contribution in [2.75, 3.05) is 19.8 Å². The molecule has 0 aliphatic heterocycles. The zero-order valence-electron chi connectivity index (χ0n) is 9.35. The van der Waals surface area contributed by atoms with Gasteiger partial charge in [0.2, 0.25) is 0 Å². The van der Waals surface area contributed by atoms with Crippen molar-refractivity contribution in [1.82, 2.24) is 0 Å². The van der Waals surface area contributed by atoms with Crippen molar-refractivity contribution in [3.8, 4) is 11.8 Å². The van der Waals surface area contributed by atoms with Gasteiger partial charge in [-0.05, 0) is 19.1 Å². The lowest BCUT2D eigenvalue weighted by molar-refractivity contribution is 0.121. The van der Waals surface area contributed by atoms with Crippen molar-refractivity contribution in [2.45, 2.75) is 6.92 Å². The predicted octanol–water partition coefficient (Wildman–Crippen LogP) is 2.53. The van der Waals surface area contributed by atoms with Crippen LogP contribution >= 0.6 is 0 Å². The maximum absolute atomic E-state index is 8.82. The summed E-state index contributed by atoms with van der Waals surface area (Å²) < 4.78 is 10.7. The fraction of sp³-hybridized carbons (Fsp3) is 0.308. The molecular formula is C13H15NO2. The highest BCUT2D eigenvalue weighted by molar-refractivity contribution is 5.42. The second-order valence-corrected chi connectivity index (χ2v) is 3.10. The molecule has 0 aromatic heterocycles. The number of allylic oxidation sites excluding steroid dienone is 1. The molecule has 0 radical (unpaired) electrons. The van der Waals surface area contributed by atoms with Gasteiger partial charge in [0.1, 0.15) is 18.4 Å². The van der Waals surface area contributed by atoms with Crippen LogP contribution in [0.3, 0.4) is 0 Å². The van der Waals surface area contributed by atoms with E-state index in [9.17, 15) is 0 Å². The third-order valence-electron chi connectivity index (χ3n) is 1.94. The third-order valence-corrected chi connectivity index (χ3v) is 1.94. The van der Waals surface area contributed by atoms with E-state index in [1.54, 1.807) is 12.1 Å². The lowest BCUT2D eigenvalue weighted by Gasteiger charge is -2.07. The van der Waals surface area contributed by atoms with Gasteiger partial charge in [-0.25, -0.2) is 0 Å². The molecule has 1 aromatic rings. The molecule has 3 nitrogen and oxygen atoms in total. The van der Waals surface area contributed by atoms with Crippen molar-refractivity contribution in [3.05, 3.63) is 42.0 Å². The zero-order valence-corrected chi connectivity index (χ0v) is 9.35. The Bertz CT molecular complexity index is 380. The monoisotopic (exact) mass is 217 g/mol. The Labute approximate surface area is 95.9 Å². The summed E-state index contributed by atoms with van der Waals surface area (Å²) in [5, 5.41) is 8.82. The van der Waals surface area contributed by atoms with Crippen LogP contribution in [0.1, 0.15) is 12.5 Å². The maximum atomic E-state index is 8.82. The van der Waals surface area contributed by atoms with Gasteiger partial charge in [0.25, 0.3) is 0 Å². The van der Waals surface area contributed by atoms with E-state index < -0.39 is 0 Å². The van der Waals surface area contributed by atoms with Gasteiger partial charge in [-0.15, -0.1) is 0 Å². The number of rotatable bonds is 6. The van der Waals surface area contributed by atoms with Gasteiger partial charge >= 0.3 is 0 Å². The lowest BCUT2D eigenvalue weighted by atomic mass is 10.2. The molecule has 0 amide bonds. The average Bonchev–Trinajstić information content (AvgIpc) is 2.34. The SMILES string of the molecule is CC=CCOCCOc1ccccc1C#N. The Morgan fingerprint density at radius 1 is 1.31 bits per heavy atom. The topological polar surface area (TPSA) is 42.2 Å². The molecule has 0 bridgehead atoms. The van der Waals surface area contributed by atoms with E-state index in [0.29, 0.717) is 31.1 Å². The Balaban J connectivity index is 2.29. The Hall–Kier alpha value is -1.79. The lowest BCUT2D eigenvalue weighted by Crippen LogP contribution is -2.07. The molecule has 0 atom stereocenters. The first-order chi connectivity index (χ1) is 7.88. The maximum Gasteiger partial charge on any atom is 0.137 e. The van der Waals surface area contributed by atoms with Gasteiger partial charge in [-0.1, -0.05) is 24.3 Å². The number of hydrogen-bond acceptors (Lipinski definition) is 3. The number of ether oxygens (including phenoxy) is 2. The summed E-state index contributed by atoms with van der Waals surface area (Å²) in [5.41, 5.74) is 0.552. The van der Waals surface area contributed by atoms with Crippen LogP contribution in [0.25, 0.3) is 0 Å². The van der Waals surface area contributed by atoms with Crippen LogP contribution in [0.4, 0.5) is 0 Å². The van der Waals surface area contributed by atoms with Crippen LogP contribution in [0.5, 0.6) is 5.75 Å². The standard InChI is InChI=1S/C13H15NO2/c1-2-3-8-15-9-10-16-13-7-5-4-6-12(13)11-14/h2-7H,8-10H2,1H3. The molecule has 0 aliphatic carbocycles. The number of hydrogen-bond donors (Lipinski definition) is 0. The number of benzene rings is 1. The van der Waals surface area contributed by atoms with Crippen molar-refractivity contribution in [1.29, 1.82) is 5.26 Å². The highest BCUT2D eigenvalue weighted by atomic mass is 16.5. The second-order valence-electron chi connectivity index (χ2n) is 3.10. The summed E-state index contributed by atoms with van der Waals surface area (Å²) in [6, 6.07) is 9.25. The van der Waals surface area contributed by atoms with Gasteiger partial charge in [-0.3, -0.25) is 0 Å². The molecule has 0 unspecified atom stereocenters. The fourth-order valence-electron chi connectivity index (χ4n) is 1.14. The summed E-state index contributed by atoms with van der Waals surface area (Å²) >= 11 is 0. The van der Waals surface area contributed by atoms with Crippen LogP contribution < -0.4 is 4.74 Å². The predicted molar refractivity (Wildman–Crippen MR) is 62.3 cm³/mol. The van der Waals surface area contributed by atoms with Crippen LogP contribution in [-0.2, 0) is 4.74 Å². The van der Waals surface area contributed by atoms with E-state index in [4.69, 9.17) is 14.7 Å². The molecule has 16 heavy (non-hydrogen) atoms. The summed E-state index contributed by atoms with van der Waals surface area (Å²) in [4.78, 5) is 0. The first-order valence-electron chi connectivity index (χ1n) is 5.19. The van der Waals surface area contributed by atoms with E-state index in [-0.39, 0.29) is 0 Å². The van der Waals surface area contributed by atoms with E-state index in [1.807, 2.05) is 31.2 Å². The molecule has 3 heteroatoms. The van der Waals surface area contributed by atoms with Gasteiger partial charge in [0.15, 0.2) is 0 Å². The van der Waals surface area contributed by atoms with Gasteiger partial charge in [0.05, 0.1) is 18.8 Å². The molecular weight excluding hydrogens is 202 g/mol. The Kier molecular flexibility index (Phi) is 5.75. The number of para-hydroxylation sites is 1. The van der Waals surface area contributed by atoms with Crippen LogP contribution in [-0.4, -0.2) is 19.8 Å². The van der Waals surface area contributed by atoms with Crippen LogP contribution in [0.15, 0.2) is 36.4 Å². The smallest absolute Gasteiger partial charge is 0.137 e. The minimum atomic E-state index is 0.455. The van der Waals surface area contributed by atoms with Crippen LogP contribution in [0.2, 0.25) is 0 Å². The van der Waals surface area contributed by atoms with Gasteiger partial charge < -0.3 is 9.47 Å².